The first-order valence-corrected chi connectivity index (χ1v) is 7.20. The Hall–Kier alpha value is -1.06. The number of nitrogens with one attached hydrogen (secondary N) is 1. The van der Waals surface area contributed by atoms with Gasteiger partial charge in [-0.2, -0.15) is 0 Å². The molecular formula is C16H27NO2. The van der Waals surface area contributed by atoms with Gasteiger partial charge in [0, 0.05) is 19.8 Å². The predicted molar refractivity (Wildman–Crippen MR) is 79.9 cm³/mol. The lowest BCUT2D eigenvalue weighted by molar-refractivity contribution is 0.184. The third-order valence-corrected chi connectivity index (χ3v) is 3.03. The van der Waals surface area contributed by atoms with Crippen LogP contribution in [0.5, 0.6) is 5.75 Å². The van der Waals surface area contributed by atoms with Crippen molar-refractivity contribution in [2.75, 3.05) is 26.9 Å². The van der Waals surface area contributed by atoms with Gasteiger partial charge in [0.2, 0.25) is 0 Å². The number of unbranched alkanes of at least 4 members (excludes halogenated alkanes) is 1. The maximum Gasteiger partial charge on any atom is 0.119 e. The number of hydrogen-bond acceptors (Lipinski definition) is 3. The van der Waals surface area contributed by atoms with Crippen LogP contribution in [0, 0.1) is 0 Å². The van der Waals surface area contributed by atoms with Crippen molar-refractivity contribution in [3.8, 4) is 5.75 Å². The van der Waals surface area contributed by atoms with E-state index >= 15 is 0 Å². The van der Waals surface area contributed by atoms with Gasteiger partial charge in [-0.25, -0.2) is 0 Å². The molecule has 1 atom stereocenters. The average molecular weight is 265 g/mol. The lowest BCUT2D eigenvalue weighted by atomic mass is 10.1. The quantitative estimate of drug-likeness (QED) is 0.660. The molecule has 1 unspecified atom stereocenters. The summed E-state index contributed by atoms with van der Waals surface area (Å²) in [6.45, 7) is 6.94. The highest BCUT2D eigenvalue weighted by Gasteiger charge is 2.02. The first-order chi connectivity index (χ1) is 9.26. The van der Waals surface area contributed by atoms with Gasteiger partial charge < -0.3 is 14.8 Å². The van der Waals surface area contributed by atoms with Crippen molar-refractivity contribution in [1.82, 2.24) is 5.32 Å². The normalized spacial score (nSPS) is 12.4. The monoisotopic (exact) mass is 265 g/mol. The van der Waals surface area contributed by atoms with Crippen LogP contribution in [0.2, 0.25) is 0 Å². The van der Waals surface area contributed by atoms with Gasteiger partial charge in [0.1, 0.15) is 5.75 Å². The van der Waals surface area contributed by atoms with Crippen molar-refractivity contribution >= 4 is 0 Å². The molecule has 0 aliphatic heterocycles. The lowest BCUT2D eigenvalue weighted by Gasteiger charge is -2.12. The van der Waals surface area contributed by atoms with Gasteiger partial charge in [-0.3, -0.25) is 0 Å². The summed E-state index contributed by atoms with van der Waals surface area (Å²) in [6, 6.07) is 8.94. The Bertz CT molecular complexity index is 324. The van der Waals surface area contributed by atoms with E-state index in [4.69, 9.17) is 9.47 Å². The fourth-order valence-electron chi connectivity index (χ4n) is 2.03. The van der Waals surface area contributed by atoms with E-state index in [9.17, 15) is 0 Å². The first-order valence-electron chi connectivity index (χ1n) is 7.20. The zero-order chi connectivity index (χ0) is 13.9. The molecule has 3 heteroatoms. The fraction of sp³-hybridized carbons (Fsp3) is 0.625. The zero-order valence-electron chi connectivity index (χ0n) is 12.4. The summed E-state index contributed by atoms with van der Waals surface area (Å²) in [5, 5.41) is 3.42. The summed E-state index contributed by atoms with van der Waals surface area (Å²) in [4.78, 5) is 0. The molecule has 1 N–H and O–H groups in total. The van der Waals surface area contributed by atoms with Gasteiger partial charge in [-0.1, -0.05) is 19.1 Å². The van der Waals surface area contributed by atoms with Crippen LogP contribution >= 0.6 is 0 Å². The average Bonchev–Trinajstić information content (AvgIpc) is 2.41. The summed E-state index contributed by atoms with van der Waals surface area (Å²) in [6.07, 6.45) is 3.14. The van der Waals surface area contributed by atoms with Gasteiger partial charge in [-0.15, -0.1) is 0 Å². The molecule has 0 aliphatic rings. The molecule has 1 aromatic rings. The number of likely N-dealkylation sites (N-methyl/N-ethyl adjacent to an activating group) is 1. The topological polar surface area (TPSA) is 30.5 Å². The Balaban J connectivity index is 2.27. The molecule has 0 saturated carbocycles. The van der Waals surface area contributed by atoms with Crippen molar-refractivity contribution in [2.45, 2.75) is 39.2 Å². The molecule has 19 heavy (non-hydrogen) atoms. The lowest BCUT2D eigenvalue weighted by Crippen LogP contribution is -2.27. The molecule has 0 bridgehead atoms. The highest BCUT2D eigenvalue weighted by molar-refractivity contribution is 5.27. The van der Waals surface area contributed by atoms with Gasteiger partial charge in [0.15, 0.2) is 0 Å². The summed E-state index contributed by atoms with van der Waals surface area (Å²) >= 11 is 0. The van der Waals surface area contributed by atoms with Crippen molar-refractivity contribution in [1.29, 1.82) is 0 Å². The third kappa shape index (κ3) is 7.19. The molecule has 0 fully saturated rings. The van der Waals surface area contributed by atoms with E-state index in [2.05, 4.69) is 43.4 Å². The van der Waals surface area contributed by atoms with Crippen LogP contribution in [-0.4, -0.2) is 32.9 Å². The summed E-state index contributed by atoms with van der Waals surface area (Å²) in [5.74, 6) is 0.956. The maximum absolute atomic E-state index is 5.69. The zero-order valence-corrected chi connectivity index (χ0v) is 12.4. The summed E-state index contributed by atoms with van der Waals surface area (Å²) in [7, 11) is 1.73. The van der Waals surface area contributed by atoms with Crippen LogP contribution in [0.15, 0.2) is 24.3 Å². The minimum atomic E-state index is 0.519. The Morgan fingerprint density at radius 3 is 2.42 bits per heavy atom. The second-order valence-corrected chi connectivity index (χ2v) is 4.86. The Labute approximate surface area is 117 Å². The highest BCUT2D eigenvalue weighted by atomic mass is 16.5. The predicted octanol–water partition coefficient (Wildman–Crippen LogP) is 3.03. The molecule has 0 radical (unpaired) electrons. The SMILES string of the molecule is CCNC(C)Cc1ccc(OCCCCOC)cc1. The number of hydrogen-bond donors (Lipinski definition) is 1. The van der Waals surface area contributed by atoms with Crippen LogP contribution < -0.4 is 10.1 Å². The second-order valence-electron chi connectivity index (χ2n) is 4.86. The molecule has 0 aliphatic carbocycles. The number of methoxy groups -OCH3 is 1. The van der Waals surface area contributed by atoms with Crippen LogP contribution in [0.3, 0.4) is 0 Å². The first kappa shape index (κ1) is 16.0. The number of ether oxygens (including phenoxy) is 2. The molecule has 0 heterocycles. The van der Waals surface area contributed by atoms with Crippen molar-refractivity contribution < 1.29 is 9.47 Å². The number of benzene rings is 1. The second kappa shape index (κ2) is 9.82. The van der Waals surface area contributed by atoms with E-state index in [1.54, 1.807) is 7.11 Å². The maximum atomic E-state index is 5.69. The molecule has 0 saturated heterocycles. The Morgan fingerprint density at radius 1 is 1.11 bits per heavy atom. The van der Waals surface area contributed by atoms with Crippen LogP contribution in [0.25, 0.3) is 0 Å². The molecular weight excluding hydrogens is 238 g/mol. The molecule has 1 aromatic carbocycles. The van der Waals surface area contributed by atoms with Gasteiger partial charge in [-0.05, 0) is 50.4 Å². The molecule has 1 rings (SSSR count). The minimum absolute atomic E-state index is 0.519. The van der Waals surface area contributed by atoms with E-state index in [0.29, 0.717) is 6.04 Å². The van der Waals surface area contributed by atoms with Gasteiger partial charge in [0.25, 0.3) is 0 Å². The van der Waals surface area contributed by atoms with Crippen LogP contribution in [-0.2, 0) is 11.2 Å². The third-order valence-electron chi connectivity index (χ3n) is 3.03. The van der Waals surface area contributed by atoms with Crippen LogP contribution in [0.1, 0.15) is 32.3 Å². The molecule has 0 spiro atoms. The van der Waals surface area contributed by atoms with E-state index in [1.807, 2.05) is 0 Å². The highest BCUT2D eigenvalue weighted by Crippen LogP contribution is 2.14. The van der Waals surface area contributed by atoms with Crippen LogP contribution in [0.4, 0.5) is 0 Å². The van der Waals surface area contributed by atoms with Crippen molar-refractivity contribution in [3.05, 3.63) is 29.8 Å². The Kier molecular flexibility index (Phi) is 8.26. The van der Waals surface area contributed by atoms with Gasteiger partial charge in [0.05, 0.1) is 6.61 Å². The fourth-order valence-corrected chi connectivity index (χ4v) is 2.03. The summed E-state index contributed by atoms with van der Waals surface area (Å²) in [5.41, 5.74) is 1.35. The van der Waals surface area contributed by atoms with Crippen molar-refractivity contribution in [2.24, 2.45) is 0 Å². The molecule has 0 aromatic heterocycles. The molecule has 108 valence electrons. The molecule has 0 amide bonds. The van der Waals surface area contributed by atoms with E-state index in [-0.39, 0.29) is 0 Å². The smallest absolute Gasteiger partial charge is 0.119 e. The van der Waals surface area contributed by atoms with E-state index in [0.717, 1.165) is 44.8 Å². The van der Waals surface area contributed by atoms with Crippen molar-refractivity contribution in [3.63, 3.8) is 0 Å². The number of rotatable bonds is 10. The minimum Gasteiger partial charge on any atom is -0.494 e. The molecule has 3 nitrogen and oxygen atoms in total. The summed E-state index contributed by atoms with van der Waals surface area (Å²) < 4.78 is 10.7. The standard InChI is InChI=1S/C16H27NO2/c1-4-17-14(2)13-15-7-9-16(10-8-15)19-12-6-5-11-18-3/h7-10,14,17H,4-6,11-13H2,1-3H3. The van der Waals surface area contributed by atoms with E-state index < -0.39 is 0 Å². The van der Waals surface area contributed by atoms with E-state index in [1.165, 1.54) is 5.56 Å². The Morgan fingerprint density at radius 2 is 1.79 bits per heavy atom. The largest absolute Gasteiger partial charge is 0.494 e. The van der Waals surface area contributed by atoms with Gasteiger partial charge >= 0.3 is 0 Å².